The number of hydrogen-bond donors (Lipinski definition) is 5. The Hall–Kier alpha value is -2.47. The Morgan fingerprint density at radius 1 is 1.04 bits per heavy atom. The van der Waals surface area contributed by atoms with Gasteiger partial charge in [-0.2, -0.15) is 44.9 Å². The lowest BCUT2D eigenvalue weighted by Gasteiger charge is -2.40. The predicted molar refractivity (Wildman–Crippen MR) is 177 cm³/mol. The number of nitrogens with zero attached hydrogens (tertiary/aromatic N) is 6. The predicted octanol–water partition coefficient (Wildman–Crippen LogP) is 1.41. The van der Waals surface area contributed by atoms with Crippen molar-refractivity contribution in [3.63, 3.8) is 0 Å². The van der Waals surface area contributed by atoms with Gasteiger partial charge in [0.05, 0.1) is 47.2 Å². The molecule has 5 N–H and O–H groups in total. The zero-order valence-electron chi connectivity index (χ0n) is 27.2. The SMILES string of the molecule is CC(=O)NC1CC(N(CCCCS(=O)(=O)O)CCCCS(=O)(=O)O)CCC1N=Nc1c(C#N)cnn1C1CC(S(=O)(=O)O)CCC1OS(=O)O. The van der Waals surface area contributed by atoms with Crippen LogP contribution < -0.4 is 5.32 Å². The molecule has 3 rings (SSSR count). The quantitative estimate of drug-likeness (QED) is 0.0607. The second kappa shape index (κ2) is 18.3. The van der Waals surface area contributed by atoms with Gasteiger partial charge >= 0.3 is 11.4 Å². The summed E-state index contributed by atoms with van der Waals surface area (Å²) in [5, 5.41) is 24.3. The molecule has 0 aromatic carbocycles. The minimum atomic E-state index is -4.49. The summed E-state index contributed by atoms with van der Waals surface area (Å²) >= 11 is -2.72. The van der Waals surface area contributed by atoms with E-state index in [1.807, 2.05) is 11.0 Å². The Kier molecular flexibility index (Phi) is 15.4. The fourth-order valence-electron chi connectivity index (χ4n) is 6.43. The molecule has 1 aromatic heterocycles. The van der Waals surface area contributed by atoms with E-state index in [4.69, 9.17) is 13.3 Å². The maximum absolute atomic E-state index is 12.2. The van der Waals surface area contributed by atoms with Gasteiger partial charge in [0.1, 0.15) is 11.6 Å². The van der Waals surface area contributed by atoms with Crippen molar-refractivity contribution in [2.75, 3.05) is 24.6 Å². The Bertz CT molecular complexity index is 1710. The first kappa shape index (κ1) is 41.9. The smallest absolute Gasteiger partial charge is 0.302 e. The van der Waals surface area contributed by atoms with Crippen molar-refractivity contribution >= 4 is 53.4 Å². The molecule has 1 heterocycles. The lowest BCUT2D eigenvalue weighted by Crippen LogP contribution is -2.51. The molecule has 284 valence electrons. The van der Waals surface area contributed by atoms with Crippen LogP contribution in [0, 0.1) is 11.3 Å². The van der Waals surface area contributed by atoms with Crippen molar-refractivity contribution in [1.29, 1.82) is 5.26 Å². The number of rotatable bonds is 18. The molecule has 24 heteroatoms. The molecule has 0 spiro atoms. The molecule has 0 radical (unpaired) electrons. The summed E-state index contributed by atoms with van der Waals surface area (Å²) in [6.45, 7) is 2.14. The third-order valence-electron chi connectivity index (χ3n) is 8.72. The fourth-order valence-corrected chi connectivity index (χ4v) is 8.88. The van der Waals surface area contributed by atoms with E-state index in [2.05, 4.69) is 20.6 Å². The molecule has 20 nitrogen and oxygen atoms in total. The number of nitrogens with one attached hydrogen (secondary N) is 1. The Morgan fingerprint density at radius 2 is 1.66 bits per heavy atom. The average molecular weight is 790 g/mol. The number of azo groups is 1. The van der Waals surface area contributed by atoms with Crippen molar-refractivity contribution in [1.82, 2.24) is 20.0 Å². The first-order valence-electron chi connectivity index (χ1n) is 15.8. The molecule has 2 saturated carbocycles. The van der Waals surface area contributed by atoms with Crippen LogP contribution >= 0.6 is 0 Å². The van der Waals surface area contributed by atoms with E-state index in [1.165, 1.54) is 17.8 Å². The van der Waals surface area contributed by atoms with Crippen molar-refractivity contribution in [3.05, 3.63) is 11.8 Å². The molecule has 7 atom stereocenters. The van der Waals surface area contributed by atoms with Crippen molar-refractivity contribution < 1.29 is 56.7 Å². The molecule has 1 amide bonds. The lowest BCUT2D eigenvalue weighted by molar-refractivity contribution is -0.120. The summed E-state index contributed by atoms with van der Waals surface area (Å²) in [5.41, 5.74) is -0.0441. The van der Waals surface area contributed by atoms with Crippen LogP contribution in [0.25, 0.3) is 0 Å². The largest absolute Gasteiger partial charge is 0.351 e. The summed E-state index contributed by atoms with van der Waals surface area (Å²) in [5.74, 6) is -1.29. The number of amides is 1. The highest BCUT2D eigenvalue weighted by atomic mass is 32.2. The molecule has 2 aliphatic carbocycles. The molecule has 0 saturated heterocycles. The monoisotopic (exact) mass is 789 g/mol. The molecule has 1 aromatic rings. The van der Waals surface area contributed by atoms with Crippen molar-refractivity contribution in [2.24, 2.45) is 10.2 Å². The van der Waals surface area contributed by atoms with E-state index >= 15 is 0 Å². The number of carbonyl (C=O) groups is 1. The van der Waals surface area contributed by atoms with Gasteiger partial charge in [0, 0.05) is 13.0 Å². The Morgan fingerprint density at radius 3 is 2.18 bits per heavy atom. The molecule has 2 aliphatic rings. The van der Waals surface area contributed by atoms with Crippen LogP contribution in [0.4, 0.5) is 5.82 Å². The van der Waals surface area contributed by atoms with Gasteiger partial charge in [-0.1, -0.05) is 0 Å². The van der Waals surface area contributed by atoms with Gasteiger partial charge in [-0.25, -0.2) is 4.68 Å². The van der Waals surface area contributed by atoms with E-state index in [1.54, 1.807) is 0 Å². The highest BCUT2D eigenvalue weighted by Crippen LogP contribution is 2.38. The summed E-state index contributed by atoms with van der Waals surface area (Å²) < 4.78 is 124. The van der Waals surface area contributed by atoms with Gasteiger partial charge in [-0.15, -0.1) is 5.11 Å². The van der Waals surface area contributed by atoms with Gasteiger partial charge in [-0.3, -0.25) is 27.2 Å². The van der Waals surface area contributed by atoms with Crippen LogP contribution in [-0.2, 0) is 50.7 Å². The molecule has 0 aliphatic heterocycles. The standard InChI is InChI=1S/C26H43N7O13S4/c1-18(34)29-23-14-20(32(10-2-4-12-48(37,38)39)11-3-5-13-49(40,41)42)6-8-22(23)30-31-26-19(16-27)17-28-33(26)24-15-21(50(43,44)45)7-9-25(24)46-47(35)36/h17,20-25H,2-15H2,1H3,(H,29,34)(H,35,36)(H,37,38,39)(H,40,41,42)(H,43,44,45). The van der Waals surface area contributed by atoms with Gasteiger partial charge in [0.15, 0.2) is 5.82 Å². The lowest BCUT2D eigenvalue weighted by atomic mass is 9.86. The molecule has 7 unspecified atom stereocenters. The fraction of sp³-hybridized carbons (Fsp3) is 0.808. The van der Waals surface area contributed by atoms with Crippen LogP contribution in [-0.4, -0.2) is 122 Å². The third kappa shape index (κ3) is 13.6. The average Bonchev–Trinajstić information content (AvgIpc) is 3.40. The molecular formula is C26H43N7O13S4. The van der Waals surface area contributed by atoms with Gasteiger partial charge in [0.2, 0.25) is 5.91 Å². The normalized spacial score (nSPS) is 25.8. The van der Waals surface area contributed by atoms with E-state index in [9.17, 15) is 48.6 Å². The first-order chi connectivity index (χ1) is 23.3. The Balaban J connectivity index is 1.85. The summed E-state index contributed by atoms with van der Waals surface area (Å²) in [7, 11) is -12.8. The van der Waals surface area contributed by atoms with Crippen molar-refractivity contribution in [2.45, 2.75) is 107 Å². The van der Waals surface area contributed by atoms with E-state index in [-0.39, 0.29) is 55.4 Å². The van der Waals surface area contributed by atoms with Crippen LogP contribution in [0.15, 0.2) is 16.4 Å². The zero-order chi connectivity index (χ0) is 37.3. The zero-order valence-corrected chi connectivity index (χ0v) is 30.5. The first-order valence-corrected chi connectivity index (χ1v) is 21.6. The third-order valence-corrected chi connectivity index (χ3v) is 12.0. The van der Waals surface area contributed by atoms with Gasteiger partial charge < -0.3 is 10.2 Å². The second-order valence-corrected chi connectivity index (χ2v) is 17.9. The van der Waals surface area contributed by atoms with Crippen molar-refractivity contribution in [3.8, 4) is 6.07 Å². The summed E-state index contributed by atoms with van der Waals surface area (Å²) in [6.07, 6.45) is 2.22. The van der Waals surface area contributed by atoms with E-state index in [0.717, 1.165) is 0 Å². The number of hydrogen-bond acceptors (Lipinski definition) is 14. The molecule has 50 heavy (non-hydrogen) atoms. The summed E-state index contributed by atoms with van der Waals surface area (Å²) in [6, 6.07) is -0.433. The number of nitriles is 1. The Labute approximate surface area is 293 Å². The van der Waals surface area contributed by atoms with Gasteiger partial charge in [0.25, 0.3) is 30.4 Å². The second-order valence-electron chi connectivity index (χ2n) is 12.4. The van der Waals surface area contributed by atoms with E-state index < -0.39 is 82.7 Å². The maximum atomic E-state index is 12.2. The van der Waals surface area contributed by atoms with Gasteiger partial charge in [-0.05, 0) is 77.3 Å². The van der Waals surface area contributed by atoms with Crippen LogP contribution in [0.1, 0.15) is 82.7 Å². The molecule has 0 bridgehead atoms. The van der Waals surface area contributed by atoms with Crippen LogP contribution in [0.5, 0.6) is 0 Å². The van der Waals surface area contributed by atoms with Crippen LogP contribution in [0.3, 0.4) is 0 Å². The number of carbonyl (C=O) groups excluding carboxylic acids is 1. The molecule has 2 fully saturated rings. The number of aromatic nitrogens is 2. The minimum Gasteiger partial charge on any atom is -0.351 e. The maximum Gasteiger partial charge on any atom is 0.302 e. The minimum absolute atomic E-state index is 0.0313. The number of unbranched alkanes of at least 4 members (excludes halogenated alkanes) is 2. The van der Waals surface area contributed by atoms with E-state index in [0.29, 0.717) is 45.2 Å². The highest BCUT2D eigenvalue weighted by Gasteiger charge is 2.41. The van der Waals surface area contributed by atoms with Crippen LogP contribution in [0.2, 0.25) is 0 Å². The molecular weight excluding hydrogens is 747 g/mol. The topological polar surface area (TPSA) is 308 Å². The highest BCUT2D eigenvalue weighted by molar-refractivity contribution is 7.86. The summed E-state index contributed by atoms with van der Waals surface area (Å²) in [4.78, 5) is 14.3.